The average Bonchev–Trinajstić information content (AvgIpc) is 3.95. The van der Waals surface area contributed by atoms with Gasteiger partial charge in [0, 0.05) is 51.0 Å². The first kappa shape index (κ1) is 68.4. The number of nitrogens with two attached hydrogens (primary N) is 1. The molecule has 0 spiro atoms. The van der Waals surface area contributed by atoms with Crippen LogP contribution in [0.1, 0.15) is 37.3 Å². The van der Waals surface area contributed by atoms with E-state index >= 15 is 0 Å². The van der Waals surface area contributed by atoms with Gasteiger partial charge in [-0.1, -0.05) is 24.3 Å². The van der Waals surface area contributed by atoms with Gasteiger partial charge in [-0.05, 0) is 30.2 Å². The molecule has 0 radical (unpaired) electrons. The summed E-state index contributed by atoms with van der Waals surface area (Å²) in [5, 5.41) is 19.2. The van der Waals surface area contributed by atoms with Crippen LogP contribution in [0.5, 0.6) is 11.6 Å². The number of carbonyl (C=O) groups excluding carboxylic acids is 3. The molecule has 30 heteroatoms. The number of rotatable bonds is 52. The molecule has 0 aliphatic rings. The van der Waals surface area contributed by atoms with Crippen LogP contribution in [-0.2, 0) is 88.7 Å². The summed E-state index contributed by atoms with van der Waals surface area (Å²) in [6.45, 7) is 10.8. The highest BCUT2D eigenvalue weighted by molar-refractivity contribution is 7.54. The number of nitrogen functional groups attached to an aromatic ring is 1. The normalized spacial score (nSPS) is 12.1. The zero-order chi connectivity index (χ0) is 58.6. The molecule has 29 nitrogen and oxygen atoms in total. The van der Waals surface area contributed by atoms with E-state index in [1.807, 2.05) is 24.3 Å². The van der Waals surface area contributed by atoms with Crippen LogP contribution in [-0.4, -0.2) is 214 Å². The van der Waals surface area contributed by atoms with Gasteiger partial charge in [0.15, 0.2) is 5.65 Å². The predicted octanol–water partition coefficient (Wildman–Crippen LogP) is 2.93. The van der Waals surface area contributed by atoms with Crippen LogP contribution in [0.3, 0.4) is 0 Å². The Morgan fingerprint density at radius 1 is 0.573 bits per heavy atom. The number of nitro benzene ring substituents is 1. The Morgan fingerprint density at radius 3 is 1.49 bits per heavy atom. The van der Waals surface area contributed by atoms with Crippen LogP contribution in [0.4, 0.5) is 11.6 Å². The zero-order valence-corrected chi connectivity index (χ0v) is 47.5. The molecule has 2 aromatic carbocycles. The topological polar surface area (TPSA) is 357 Å². The van der Waals surface area contributed by atoms with Gasteiger partial charge < -0.3 is 92.6 Å². The van der Waals surface area contributed by atoms with Gasteiger partial charge >= 0.3 is 7.60 Å². The lowest BCUT2D eigenvalue weighted by Crippen LogP contribution is -2.31. The second-order valence-corrected chi connectivity index (χ2v) is 19.3. The molecule has 6 N–H and O–H groups in total. The van der Waals surface area contributed by atoms with E-state index in [1.165, 1.54) is 30.6 Å². The van der Waals surface area contributed by atoms with E-state index < -0.39 is 12.5 Å². The second-order valence-electron chi connectivity index (χ2n) is 17.2. The summed E-state index contributed by atoms with van der Waals surface area (Å²) in [4.78, 5) is 61.9. The summed E-state index contributed by atoms with van der Waals surface area (Å²) in [5.74, 6) is -0.00886. The fraction of sp³-hybridized carbons (Fsp3) is 0.615. The van der Waals surface area contributed by atoms with Crippen molar-refractivity contribution in [2.75, 3.05) is 177 Å². The van der Waals surface area contributed by atoms with Crippen molar-refractivity contribution in [1.82, 2.24) is 35.9 Å². The number of aromatic amines is 1. The van der Waals surface area contributed by atoms with Gasteiger partial charge in [0.05, 0.1) is 169 Å². The number of imidazole rings is 1. The van der Waals surface area contributed by atoms with Crippen molar-refractivity contribution >= 4 is 48.1 Å². The number of amides is 3. The number of ether oxygens (including phenoxy) is 12. The van der Waals surface area contributed by atoms with Crippen molar-refractivity contribution < 1.29 is 89.8 Å². The molecule has 0 saturated heterocycles. The first-order chi connectivity index (χ1) is 40.0. The molecule has 3 amide bonds. The van der Waals surface area contributed by atoms with Gasteiger partial charge in [-0.25, -0.2) is 9.55 Å². The number of nitrogens with one attached hydrogen (secondary N) is 4. The molecule has 0 fully saturated rings. The highest BCUT2D eigenvalue weighted by Gasteiger charge is 2.26. The Bertz CT molecular complexity index is 2410. The first-order valence-corrected chi connectivity index (χ1v) is 28.8. The average molecular weight is 1180 g/mol. The highest BCUT2D eigenvalue weighted by atomic mass is 31.2. The maximum Gasteiger partial charge on any atom is 0.381 e. The van der Waals surface area contributed by atoms with Crippen LogP contribution in [0.25, 0.3) is 11.2 Å². The lowest BCUT2D eigenvalue weighted by atomic mass is 10.1. The predicted molar refractivity (Wildman–Crippen MR) is 295 cm³/mol. The van der Waals surface area contributed by atoms with Crippen LogP contribution in [0, 0.1) is 10.1 Å². The molecule has 4 rings (SSSR count). The van der Waals surface area contributed by atoms with E-state index in [-0.39, 0.29) is 93.6 Å². The smallest absolute Gasteiger partial charge is 0.381 e. The van der Waals surface area contributed by atoms with E-state index in [0.717, 1.165) is 11.1 Å². The van der Waals surface area contributed by atoms with Crippen LogP contribution >= 0.6 is 7.60 Å². The molecular formula is C52H80N9O20P. The second kappa shape index (κ2) is 43.6. The SMILES string of the molecule is CCOP(=O)(CCOCCOCCOCCOCCOCCNC(=O)CCC(=O)NCCOCCOCCOCCOCCOCCOCCC(=O)NCc1ccc(COc2nc(N)nc3nc[nH]c23)cc1)Oc1ccc([N+](=O)[O-])cc1. The lowest BCUT2D eigenvalue weighted by Gasteiger charge is -2.18. The van der Waals surface area contributed by atoms with E-state index in [4.69, 9.17) is 71.6 Å². The van der Waals surface area contributed by atoms with Crippen molar-refractivity contribution in [3.05, 3.63) is 76.1 Å². The number of benzene rings is 2. The maximum absolute atomic E-state index is 13.0. The molecule has 82 heavy (non-hydrogen) atoms. The quantitative estimate of drug-likeness (QED) is 0.0184. The molecule has 1 atom stereocenters. The minimum Gasteiger partial charge on any atom is -0.471 e. The summed E-state index contributed by atoms with van der Waals surface area (Å²) in [5.41, 5.74) is 8.50. The highest BCUT2D eigenvalue weighted by Crippen LogP contribution is 2.48. The van der Waals surface area contributed by atoms with Crippen molar-refractivity contribution in [1.29, 1.82) is 0 Å². The lowest BCUT2D eigenvalue weighted by molar-refractivity contribution is -0.384. The van der Waals surface area contributed by atoms with Crippen LogP contribution < -0.4 is 30.9 Å². The number of nitrogens with zero attached hydrogens (tertiary/aromatic N) is 4. The summed E-state index contributed by atoms with van der Waals surface area (Å²) in [6.07, 6.45) is 1.84. The van der Waals surface area contributed by atoms with Gasteiger partial charge in [-0.2, -0.15) is 9.97 Å². The zero-order valence-electron chi connectivity index (χ0n) is 46.6. The minimum absolute atomic E-state index is 0.00184. The van der Waals surface area contributed by atoms with E-state index in [2.05, 4.69) is 35.9 Å². The molecule has 0 saturated carbocycles. The maximum atomic E-state index is 13.0. The Labute approximate surface area is 476 Å². The summed E-state index contributed by atoms with van der Waals surface area (Å²) < 4.78 is 90.0. The van der Waals surface area contributed by atoms with Gasteiger partial charge in [0.1, 0.15) is 17.9 Å². The Hall–Kier alpha value is -6.05. The minimum atomic E-state index is -3.52. The van der Waals surface area contributed by atoms with E-state index in [1.54, 1.807) is 6.92 Å². The Kier molecular flexibility index (Phi) is 36.4. The number of hydrogen-bond donors (Lipinski definition) is 5. The Morgan fingerprint density at radius 2 is 1.01 bits per heavy atom. The van der Waals surface area contributed by atoms with Crippen molar-refractivity contribution in [3.8, 4) is 11.6 Å². The first-order valence-electron chi connectivity index (χ1n) is 27.0. The third kappa shape index (κ3) is 32.6. The third-order valence-electron chi connectivity index (χ3n) is 10.8. The van der Waals surface area contributed by atoms with Gasteiger partial charge in [0.2, 0.25) is 29.5 Å². The Balaban J connectivity index is 0.786. The summed E-state index contributed by atoms with van der Waals surface area (Å²) in [6, 6.07) is 12.9. The van der Waals surface area contributed by atoms with E-state index in [9.17, 15) is 29.1 Å². The molecule has 1 unspecified atom stereocenters. The summed E-state index contributed by atoms with van der Waals surface area (Å²) in [7, 11) is -3.52. The molecule has 2 aromatic heterocycles. The fourth-order valence-electron chi connectivity index (χ4n) is 6.70. The monoisotopic (exact) mass is 1180 g/mol. The summed E-state index contributed by atoms with van der Waals surface area (Å²) >= 11 is 0. The number of nitro groups is 1. The fourth-order valence-corrected chi connectivity index (χ4v) is 8.16. The largest absolute Gasteiger partial charge is 0.471 e. The molecular weight excluding hydrogens is 1100 g/mol. The van der Waals surface area contributed by atoms with Crippen molar-refractivity contribution in [2.45, 2.75) is 39.3 Å². The standard InChI is InChI=1S/C52H80N9O20P/c1-2-80-82(67,81-45-9-7-44(8-10-45)61(65)66)38-37-78-36-35-77-34-33-76-30-27-73-24-21-70-18-15-55-47(63)12-11-46(62)54-14-17-69-20-23-72-26-29-75-32-31-74-28-25-71-22-19-68-16-13-48(64)56-39-42-3-5-43(6-4-42)40-79-51-49-50(58-41-57-49)59-52(53)60-51/h3-10,41H,2,11-40H2,1H3,(H,54,62)(H,55,63)(H,56,64)(H3,53,57,58,59,60). The molecule has 4 aromatic rings. The molecule has 2 heterocycles. The van der Waals surface area contributed by atoms with Gasteiger partial charge in [0.25, 0.3) is 5.69 Å². The number of hydrogen-bond acceptors (Lipinski definition) is 24. The van der Waals surface area contributed by atoms with Crippen molar-refractivity contribution in [3.63, 3.8) is 0 Å². The molecule has 458 valence electrons. The van der Waals surface area contributed by atoms with E-state index in [0.29, 0.717) is 162 Å². The van der Waals surface area contributed by atoms with Crippen LogP contribution in [0.2, 0.25) is 0 Å². The number of non-ortho nitro benzene ring substituents is 1. The van der Waals surface area contributed by atoms with Gasteiger partial charge in [-0.3, -0.25) is 24.5 Å². The molecule has 0 aliphatic carbocycles. The van der Waals surface area contributed by atoms with Crippen molar-refractivity contribution in [2.24, 2.45) is 0 Å². The van der Waals surface area contributed by atoms with Gasteiger partial charge in [-0.15, -0.1) is 0 Å². The number of carbonyl (C=O) groups is 3. The third-order valence-corrected chi connectivity index (χ3v) is 12.7. The van der Waals surface area contributed by atoms with Crippen LogP contribution in [0.15, 0.2) is 54.9 Å². The molecule has 0 bridgehead atoms. The number of anilines is 1. The number of aromatic nitrogens is 4. The molecule has 0 aliphatic heterocycles. The number of fused-ring (bicyclic) bond motifs is 1. The number of H-pyrrole nitrogens is 1.